The van der Waals surface area contributed by atoms with Gasteiger partial charge in [0.2, 0.25) is 0 Å². The largest absolute Gasteiger partial charge is 0.309 e. The Labute approximate surface area is 255 Å². The first-order valence-electron chi connectivity index (χ1n) is 15.6. The van der Waals surface area contributed by atoms with Crippen LogP contribution in [0.5, 0.6) is 0 Å². The molecule has 2 heteroatoms. The van der Waals surface area contributed by atoms with Crippen molar-refractivity contribution in [3.63, 3.8) is 0 Å². The molecule has 10 rings (SSSR count). The van der Waals surface area contributed by atoms with Gasteiger partial charge in [-0.05, 0) is 86.7 Å². The van der Waals surface area contributed by atoms with Crippen LogP contribution in [0.3, 0.4) is 0 Å². The molecule has 43 heavy (non-hydrogen) atoms. The van der Waals surface area contributed by atoms with Crippen molar-refractivity contribution in [1.82, 2.24) is 4.57 Å². The molecule has 0 saturated carbocycles. The first-order chi connectivity index (χ1) is 21.0. The molecule has 3 aliphatic carbocycles. The summed E-state index contributed by atoms with van der Waals surface area (Å²) in [5, 5.41) is 4.18. The van der Waals surface area contributed by atoms with E-state index in [2.05, 4.69) is 128 Å². The summed E-state index contributed by atoms with van der Waals surface area (Å²) in [6.45, 7) is 7.20. The van der Waals surface area contributed by atoms with Crippen molar-refractivity contribution in [3.05, 3.63) is 130 Å². The fourth-order valence-corrected chi connectivity index (χ4v) is 9.98. The van der Waals surface area contributed by atoms with Crippen molar-refractivity contribution >= 4 is 49.3 Å². The van der Waals surface area contributed by atoms with Crippen LogP contribution in [0, 0.1) is 5.92 Å². The molecule has 1 unspecified atom stereocenters. The number of allylic oxidation sites excluding steroid dienone is 1. The van der Waals surface area contributed by atoms with Gasteiger partial charge in [-0.3, -0.25) is 0 Å². The molecule has 0 aliphatic heterocycles. The molecule has 0 fully saturated rings. The van der Waals surface area contributed by atoms with E-state index >= 15 is 0 Å². The molecular formula is C41H31NS. The Morgan fingerprint density at radius 1 is 0.814 bits per heavy atom. The highest BCUT2D eigenvalue weighted by Gasteiger charge is 2.42. The molecule has 3 aliphatic rings. The van der Waals surface area contributed by atoms with Crippen molar-refractivity contribution < 1.29 is 0 Å². The second kappa shape index (κ2) is 8.15. The van der Waals surface area contributed by atoms with Crippen LogP contribution in [0.25, 0.3) is 65.9 Å². The molecule has 0 radical (unpaired) electrons. The maximum atomic E-state index is 2.60. The molecule has 0 saturated heterocycles. The molecule has 0 amide bonds. The standard InChI is InChI=1S/C41H31NS/c1-23-16-18-27-30-22-25(17-19-34(30)43-35(27)20-23)42-33-15-9-7-13-29(33)38-39-37(28-12-6-8-14-32(28)41(39,2)3)36-26-11-5-4-10-24(26)21-31(36)40(38)42/h4-19,22-23H,20-21H2,1-3H3. The first-order valence-corrected chi connectivity index (χ1v) is 16.4. The molecule has 1 nitrogen and oxygen atoms in total. The molecule has 206 valence electrons. The van der Waals surface area contributed by atoms with Crippen LogP contribution in [-0.4, -0.2) is 4.57 Å². The molecule has 0 spiro atoms. The Kier molecular flexibility index (Phi) is 4.57. The second-order valence-electron chi connectivity index (χ2n) is 13.3. The molecule has 5 aromatic carbocycles. The molecule has 7 aromatic rings. The van der Waals surface area contributed by atoms with E-state index in [-0.39, 0.29) is 5.41 Å². The third-order valence-electron chi connectivity index (χ3n) is 10.5. The highest BCUT2D eigenvalue weighted by molar-refractivity contribution is 7.19. The number of hydrogen-bond acceptors (Lipinski definition) is 1. The van der Waals surface area contributed by atoms with E-state index in [9.17, 15) is 0 Å². The molecule has 0 N–H and O–H groups in total. The van der Waals surface area contributed by atoms with E-state index in [1.807, 2.05) is 11.3 Å². The first kappa shape index (κ1) is 24.1. The third-order valence-corrected chi connectivity index (χ3v) is 11.7. The van der Waals surface area contributed by atoms with Crippen LogP contribution in [-0.2, 0) is 18.3 Å². The minimum atomic E-state index is -0.108. The lowest BCUT2D eigenvalue weighted by atomic mass is 9.79. The normalized spacial score (nSPS) is 17.3. The van der Waals surface area contributed by atoms with Gasteiger partial charge in [0.1, 0.15) is 0 Å². The van der Waals surface area contributed by atoms with E-state index in [1.165, 1.54) is 92.5 Å². The number of rotatable bonds is 1. The summed E-state index contributed by atoms with van der Waals surface area (Å²) in [5.74, 6) is 0.608. The van der Waals surface area contributed by atoms with Gasteiger partial charge in [0.25, 0.3) is 0 Å². The smallest absolute Gasteiger partial charge is 0.0586 e. The highest BCUT2D eigenvalue weighted by atomic mass is 32.1. The van der Waals surface area contributed by atoms with E-state index < -0.39 is 0 Å². The number of para-hydroxylation sites is 1. The Morgan fingerprint density at radius 3 is 2.51 bits per heavy atom. The minimum absolute atomic E-state index is 0.108. The maximum absolute atomic E-state index is 2.60. The molecule has 2 heterocycles. The van der Waals surface area contributed by atoms with Crippen molar-refractivity contribution in [2.24, 2.45) is 5.92 Å². The molecule has 2 aromatic heterocycles. The van der Waals surface area contributed by atoms with Gasteiger partial charge in [-0.15, -0.1) is 11.3 Å². The number of fused-ring (bicyclic) bond motifs is 15. The van der Waals surface area contributed by atoms with Gasteiger partial charge >= 0.3 is 0 Å². The summed E-state index contributed by atoms with van der Waals surface area (Å²) in [6.07, 6.45) is 6.86. The lowest BCUT2D eigenvalue weighted by molar-refractivity contribution is 0.666. The number of thiophene rings is 1. The van der Waals surface area contributed by atoms with Crippen LogP contribution in [0.15, 0.2) is 97.1 Å². The molecule has 1 atom stereocenters. The van der Waals surface area contributed by atoms with Crippen molar-refractivity contribution in [2.45, 2.75) is 39.0 Å². The van der Waals surface area contributed by atoms with Gasteiger partial charge in [0.15, 0.2) is 0 Å². The van der Waals surface area contributed by atoms with Crippen LogP contribution in [0.1, 0.15) is 53.5 Å². The lowest BCUT2D eigenvalue weighted by Gasteiger charge is -2.24. The Morgan fingerprint density at radius 2 is 1.60 bits per heavy atom. The summed E-state index contributed by atoms with van der Waals surface area (Å²) in [6, 6.07) is 34.6. The Hall–Kier alpha value is -4.40. The van der Waals surface area contributed by atoms with Crippen LogP contribution >= 0.6 is 11.3 Å². The zero-order chi connectivity index (χ0) is 28.6. The number of nitrogens with zero attached hydrogens (tertiary/aromatic N) is 1. The zero-order valence-corrected chi connectivity index (χ0v) is 25.5. The SMILES string of the molecule is CC1C=Cc2c(sc3ccc(-n4c5ccccc5c5c6c(c7c(c54)Cc4ccccc4-7)-c4ccccc4C6(C)C)cc23)C1. The summed E-state index contributed by atoms with van der Waals surface area (Å²) in [5.41, 5.74) is 16.8. The summed E-state index contributed by atoms with van der Waals surface area (Å²) < 4.78 is 4.00. The van der Waals surface area contributed by atoms with Crippen molar-refractivity contribution in [1.29, 1.82) is 0 Å². The fourth-order valence-electron chi connectivity index (χ4n) is 8.67. The van der Waals surface area contributed by atoms with Gasteiger partial charge < -0.3 is 4.57 Å². The predicted octanol–water partition coefficient (Wildman–Crippen LogP) is 11.1. The fraction of sp³-hybridized carbons (Fsp3) is 0.171. The topological polar surface area (TPSA) is 4.93 Å². The van der Waals surface area contributed by atoms with E-state index in [0.29, 0.717) is 5.92 Å². The van der Waals surface area contributed by atoms with Crippen LogP contribution in [0.4, 0.5) is 0 Å². The highest BCUT2D eigenvalue weighted by Crippen LogP contribution is 2.60. The van der Waals surface area contributed by atoms with Gasteiger partial charge in [-0.2, -0.15) is 0 Å². The number of benzene rings is 5. The van der Waals surface area contributed by atoms with Gasteiger partial charge in [0.05, 0.1) is 11.0 Å². The zero-order valence-electron chi connectivity index (χ0n) is 24.7. The summed E-state index contributed by atoms with van der Waals surface area (Å²) in [4.78, 5) is 1.53. The quantitative estimate of drug-likeness (QED) is 0.185. The maximum Gasteiger partial charge on any atom is 0.0586 e. The van der Waals surface area contributed by atoms with Gasteiger partial charge in [0, 0.05) is 43.3 Å². The minimum Gasteiger partial charge on any atom is -0.309 e. The van der Waals surface area contributed by atoms with Crippen molar-refractivity contribution in [2.75, 3.05) is 0 Å². The number of aromatic nitrogens is 1. The summed E-state index contributed by atoms with van der Waals surface area (Å²) in [7, 11) is 0. The van der Waals surface area contributed by atoms with Crippen LogP contribution < -0.4 is 0 Å². The predicted molar refractivity (Wildman–Crippen MR) is 184 cm³/mol. The summed E-state index contributed by atoms with van der Waals surface area (Å²) >= 11 is 1.98. The third kappa shape index (κ3) is 2.97. The molecule has 0 bridgehead atoms. The van der Waals surface area contributed by atoms with Crippen molar-refractivity contribution in [3.8, 4) is 27.9 Å². The Bertz CT molecular complexity index is 2390. The average Bonchev–Trinajstić information content (AvgIpc) is 3.73. The van der Waals surface area contributed by atoms with E-state index in [0.717, 1.165) is 12.8 Å². The van der Waals surface area contributed by atoms with E-state index in [1.54, 1.807) is 0 Å². The Balaban J connectivity index is 1.39. The monoisotopic (exact) mass is 569 g/mol. The van der Waals surface area contributed by atoms with E-state index in [4.69, 9.17) is 0 Å². The number of hydrogen-bond donors (Lipinski definition) is 0. The second-order valence-corrected chi connectivity index (χ2v) is 14.5. The van der Waals surface area contributed by atoms with Gasteiger partial charge in [-0.1, -0.05) is 99.7 Å². The van der Waals surface area contributed by atoms with Gasteiger partial charge in [-0.25, -0.2) is 0 Å². The lowest BCUT2D eigenvalue weighted by Crippen LogP contribution is -2.15. The average molecular weight is 570 g/mol. The molecular weight excluding hydrogens is 539 g/mol. The van der Waals surface area contributed by atoms with Crippen LogP contribution in [0.2, 0.25) is 0 Å².